The van der Waals surface area contributed by atoms with Crippen molar-refractivity contribution in [3.8, 4) is 5.75 Å². The Bertz CT molecular complexity index is 443. The van der Waals surface area contributed by atoms with Gasteiger partial charge in [-0.3, -0.25) is 0 Å². The van der Waals surface area contributed by atoms with E-state index < -0.39 is 0 Å². The zero-order valence-electron chi connectivity index (χ0n) is 13.6. The summed E-state index contributed by atoms with van der Waals surface area (Å²) < 4.78 is 6.13. The highest BCUT2D eigenvalue weighted by Crippen LogP contribution is 2.40. The van der Waals surface area contributed by atoms with Gasteiger partial charge in [0.15, 0.2) is 0 Å². The van der Waals surface area contributed by atoms with Crippen molar-refractivity contribution in [3.63, 3.8) is 0 Å². The predicted octanol–water partition coefficient (Wildman–Crippen LogP) is 3.33. The lowest BCUT2D eigenvalue weighted by Gasteiger charge is -2.33. The van der Waals surface area contributed by atoms with Gasteiger partial charge in [-0.1, -0.05) is 39.0 Å². The number of ether oxygens (including phenoxy) is 1. The molecule has 1 aromatic carbocycles. The van der Waals surface area contributed by atoms with Crippen LogP contribution in [0.15, 0.2) is 24.3 Å². The van der Waals surface area contributed by atoms with Gasteiger partial charge in [-0.05, 0) is 49.3 Å². The number of aliphatic hydroxyl groups excluding tert-OH is 1. The molecular formula is C18H29NO2. The number of rotatable bonds is 9. The molecule has 1 saturated carbocycles. The lowest BCUT2D eigenvalue weighted by molar-refractivity contribution is 0.0845. The summed E-state index contributed by atoms with van der Waals surface area (Å²) in [7, 11) is 0. The highest BCUT2D eigenvalue weighted by molar-refractivity contribution is 5.35. The minimum atomic E-state index is -0.278. The minimum Gasteiger partial charge on any atom is -0.491 e. The van der Waals surface area contributed by atoms with Crippen LogP contribution in [0.5, 0.6) is 5.75 Å². The average Bonchev–Trinajstić information content (AvgIpc) is 3.33. The lowest BCUT2D eigenvalue weighted by Crippen LogP contribution is -2.55. The van der Waals surface area contributed by atoms with Gasteiger partial charge in [0.25, 0.3) is 0 Å². The second-order valence-electron chi connectivity index (χ2n) is 6.50. The molecule has 0 spiro atoms. The fourth-order valence-electron chi connectivity index (χ4n) is 2.85. The number of aliphatic hydroxyl groups is 1. The Balaban J connectivity index is 2.08. The maximum Gasteiger partial charge on any atom is 0.122 e. The maximum atomic E-state index is 9.93. The minimum absolute atomic E-state index is 0.140. The van der Waals surface area contributed by atoms with Crippen molar-refractivity contribution in [1.82, 2.24) is 5.32 Å². The highest BCUT2D eigenvalue weighted by Gasteiger charge is 2.45. The van der Waals surface area contributed by atoms with E-state index >= 15 is 0 Å². The summed E-state index contributed by atoms with van der Waals surface area (Å²) in [6.45, 7) is 8.11. The molecule has 0 saturated heterocycles. The molecule has 3 heteroatoms. The number of nitrogens with one attached hydrogen (secondary N) is 1. The first-order chi connectivity index (χ1) is 10.1. The molecule has 2 rings (SSSR count). The van der Waals surface area contributed by atoms with Gasteiger partial charge in [0.05, 0.1) is 12.1 Å². The molecule has 1 fully saturated rings. The Hall–Kier alpha value is -1.06. The van der Waals surface area contributed by atoms with E-state index in [0.717, 1.165) is 18.7 Å². The van der Waals surface area contributed by atoms with Crippen molar-refractivity contribution in [2.45, 2.75) is 51.5 Å². The molecule has 0 radical (unpaired) electrons. The van der Waals surface area contributed by atoms with Gasteiger partial charge >= 0.3 is 0 Å². The van der Waals surface area contributed by atoms with Crippen LogP contribution in [-0.4, -0.2) is 30.4 Å². The Morgan fingerprint density at radius 3 is 2.62 bits per heavy atom. The first kappa shape index (κ1) is 16.3. The third-order valence-corrected chi connectivity index (χ3v) is 4.39. The monoisotopic (exact) mass is 291 g/mol. The Labute approximate surface area is 128 Å². The molecule has 3 nitrogen and oxygen atoms in total. The molecule has 0 aliphatic heterocycles. The molecular weight excluding hydrogens is 262 g/mol. The van der Waals surface area contributed by atoms with Crippen LogP contribution in [0.1, 0.15) is 51.5 Å². The van der Waals surface area contributed by atoms with E-state index in [1.54, 1.807) is 0 Å². The topological polar surface area (TPSA) is 41.5 Å². The fourth-order valence-corrected chi connectivity index (χ4v) is 2.85. The number of para-hydroxylation sites is 1. The Kier molecular flexibility index (Phi) is 5.65. The van der Waals surface area contributed by atoms with Crippen LogP contribution in [0, 0.1) is 5.92 Å². The fraction of sp³-hybridized carbons (Fsp3) is 0.667. The number of benzene rings is 1. The molecule has 1 aromatic rings. The Morgan fingerprint density at radius 1 is 1.33 bits per heavy atom. The first-order valence-corrected chi connectivity index (χ1v) is 8.20. The molecule has 0 aromatic heterocycles. The van der Waals surface area contributed by atoms with Crippen LogP contribution in [0.2, 0.25) is 0 Å². The molecule has 1 aliphatic rings. The molecule has 2 N–H and O–H groups in total. The largest absolute Gasteiger partial charge is 0.491 e. The van der Waals surface area contributed by atoms with Gasteiger partial charge in [-0.2, -0.15) is 0 Å². The van der Waals surface area contributed by atoms with Gasteiger partial charge in [0, 0.05) is 0 Å². The number of hydrogen-bond acceptors (Lipinski definition) is 3. The van der Waals surface area contributed by atoms with Crippen LogP contribution in [-0.2, 0) is 0 Å². The Morgan fingerprint density at radius 2 is 2.05 bits per heavy atom. The summed E-state index contributed by atoms with van der Waals surface area (Å²) in [6.07, 6.45) is 3.44. The molecule has 0 amide bonds. The second kappa shape index (κ2) is 7.28. The summed E-state index contributed by atoms with van der Waals surface area (Å²) in [5, 5.41) is 13.5. The SMILES string of the molecule is CCCNC(CO)(COc1ccccc1C(C)C)C1CC1. The van der Waals surface area contributed by atoms with Crippen LogP contribution in [0.25, 0.3) is 0 Å². The quantitative estimate of drug-likeness (QED) is 0.733. The summed E-state index contributed by atoms with van der Waals surface area (Å²) in [6, 6.07) is 8.22. The zero-order chi connectivity index (χ0) is 15.3. The molecule has 0 heterocycles. The van der Waals surface area contributed by atoms with E-state index in [2.05, 4.69) is 38.2 Å². The molecule has 1 atom stereocenters. The van der Waals surface area contributed by atoms with E-state index in [1.165, 1.54) is 18.4 Å². The van der Waals surface area contributed by atoms with E-state index in [9.17, 15) is 5.11 Å². The van der Waals surface area contributed by atoms with Crippen LogP contribution < -0.4 is 10.1 Å². The van der Waals surface area contributed by atoms with Gasteiger partial charge in [0.1, 0.15) is 12.4 Å². The van der Waals surface area contributed by atoms with Gasteiger partial charge < -0.3 is 15.2 Å². The van der Waals surface area contributed by atoms with Gasteiger partial charge in [0.2, 0.25) is 0 Å². The van der Waals surface area contributed by atoms with Gasteiger partial charge in [-0.25, -0.2) is 0 Å². The molecule has 1 unspecified atom stereocenters. The van der Waals surface area contributed by atoms with Crippen LogP contribution in [0.3, 0.4) is 0 Å². The summed E-state index contributed by atoms with van der Waals surface area (Å²) in [4.78, 5) is 0. The van der Waals surface area contributed by atoms with Crippen LogP contribution >= 0.6 is 0 Å². The summed E-state index contributed by atoms with van der Waals surface area (Å²) >= 11 is 0. The van der Waals surface area contributed by atoms with Crippen molar-refractivity contribution >= 4 is 0 Å². The molecule has 0 bridgehead atoms. The van der Waals surface area contributed by atoms with Crippen molar-refractivity contribution in [2.24, 2.45) is 5.92 Å². The predicted molar refractivity (Wildman–Crippen MR) is 86.9 cm³/mol. The summed E-state index contributed by atoms with van der Waals surface area (Å²) in [5.74, 6) is 1.93. The van der Waals surface area contributed by atoms with Gasteiger partial charge in [-0.15, -0.1) is 0 Å². The molecule has 1 aliphatic carbocycles. The van der Waals surface area contributed by atoms with E-state index in [1.807, 2.05) is 12.1 Å². The standard InChI is InChI=1S/C18H29NO2/c1-4-11-19-18(12-20,15-9-10-15)13-21-17-8-6-5-7-16(17)14(2)3/h5-8,14-15,19-20H,4,9-13H2,1-3H3. The molecule has 118 valence electrons. The molecule has 21 heavy (non-hydrogen) atoms. The van der Waals surface area contributed by atoms with Crippen molar-refractivity contribution in [1.29, 1.82) is 0 Å². The lowest BCUT2D eigenvalue weighted by atomic mass is 9.94. The van der Waals surface area contributed by atoms with Crippen molar-refractivity contribution in [2.75, 3.05) is 19.8 Å². The van der Waals surface area contributed by atoms with E-state index in [0.29, 0.717) is 18.4 Å². The van der Waals surface area contributed by atoms with E-state index in [-0.39, 0.29) is 12.1 Å². The third-order valence-electron chi connectivity index (χ3n) is 4.39. The average molecular weight is 291 g/mol. The third kappa shape index (κ3) is 3.98. The van der Waals surface area contributed by atoms with E-state index in [4.69, 9.17) is 4.74 Å². The smallest absolute Gasteiger partial charge is 0.122 e. The maximum absolute atomic E-state index is 9.93. The van der Waals surface area contributed by atoms with Crippen molar-refractivity contribution < 1.29 is 9.84 Å². The van der Waals surface area contributed by atoms with Crippen LogP contribution in [0.4, 0.5) is 0 Å². The number of hydrogen-bond donors (Lipinski definition) is 2. The first-order valence-electron chi connectivity index (χ1n) is 8.20. The summed E-state index contributed by atoms with van der Waals surface area (Å²) in [5.41, 5.74) is 0.954. The normalized spacial score (nSPS) is 17.8. The second-order valence-corrected chi connectivity index (χ2v) is 6.50. The highest BCUT2D eigenvalue weighted by atomic mass is 16.5. The zero-order valence-corrected chi connectivity index (χ0v) is 13.6. The van der Waals surface area contributed by atoms with Crippen molar-refractivity contribution in [3.05, 3.63) is 29.8 Å².